The van der Waals surface area contributed by atoms with Gasteiger partial charge in [0, 0.05) is 25.2 Å². The summed E-state index contributed by atoms with van der Waals surface area (Å²) in [6.07, 6.45) is 12.2. The molecule has 16 heavy (non-hydrogen) atoms. The van der Waals surface area contributed by atoms with Crippen LogP contribution in [0.2, 0.25) is 0 Å². The third-order valence-corrected chi connectivity index (χ3v) is 3.69. The first-order chi connectivity index (χ1) is 7.83. The number of hydrogen-bond donors (Lipinski definition) is 1. The fraction of sp³-hybridized carbons (Fsp3) is 0.857. The van der Waals surface area contributed by atoms with Crippen LogP contribution in [0.3, 0.4) is 0 Å². The van der Waals surface area contributed by atoms with Gasteiger partial charge in [-0.05, 0) is 38.0 Å². The van der Waals surface area contributed by atoms with Crippen molar-refractivity contribution in [2.24, 2.45) is 5.92 Å². The molecule has 0 aromatic rings. The van der Waals surface area contributed by atoms with E-state index in [0.29, 0.717) is 6.04 Å². The maximum atomic E-state index is 5.47. The Bertz CT molecular complexity index is 248. The van der Waals surface area contributed by atoms with Crippen LogP contribution in [0.5, 0.6) is 0 Å². The zero-order valence-electron chi connectivity index (χ0n) is 10.4. The van der Waals surface area contributed by atoms with Crippen LogP contribution in [-0.4, -0.2) is 36.6 Å². The predicted octanol–water partition coefficient (Wildman–Crippen LogP) is 1.86. The molecule has 0 aromatic carbocycles. The van der Waals surface area contributed by atoms with E-state index in [1.807, 2.05) is 0 Å². The lowest BCUT2D eigenvalue weighted by molar-refractivity contribution is 0.201. The highest BCUT2D eigenvalue weighted by molar-refractivity contribution is 4.93. The summed E-state index contributed by atoms with van der Waals surface area (Å²) in [6.45, 7) is 5.43. The fourth-order valence-electron chi connectivity index (χ4n) is 2.21. The second kappa shape index (κ2) is 5.70. The molecule has 1 N–H and O–H groups in total. The molecule has 0 spiro atoms. The molecule has 0 heterocycles. The van der Waals surface area contributed by atoms with E-state index in [4.69, 9.17) is 6.42 Å². The summed E-state index contributed by atoms with van der Waals surface area (Å²) in [6, 6.07) is 1.44. The van der Waals surface area contributed by atoms with Gasteiger partial charge in [0.1, 0.15) is 0 Å². The van der Waals surface area contributed by atoms with Crippen LogP contribution < -0.4 is 5.32 Å². The third kappa shape index (κ3) is 3.81. The van der Waals surface area contributed by atoms with Crippen LogP contribution in [0.15, 0.2) is 0 Å². The van der Waals surface area contributed by atoms with Gasteiger partial charge in [-0.1, -0.05) is 12.8 Å². The van der Waals surface area contributed by atoms with Crippen molar-refractivity contribution >= 4 is 0 Å². The molecule has 0 radical (unpaired) electrons. The second-order valence-corrected chi connectivity index (χ2v) is 5.32. The minimum atomic E-state index is 0.636. The molecule has 2 heteroatoms. The van der Waals surface area contributed by atoms with Gasteiger partial charge < -0.3 is 5.32 Å². The maximum Gasteiger partial charge on any atom is 0.0601 e. The zero-order valence-corrected chi connectivity index (χ0v) is 10.4. The molecule has 0 saturated heterocycles. The number of terminal acetylenes is 1. The van der Waals surface area contributed by atoms with Gasteiger partial charge in [0.15, 0.2) is 0 Å². The van der Waals surface area contributed by atoms with Crippen molar-refractivity contribution in [1.29, 1.82) is 0 Å². The van der Waals surface area contributed by atoms with Crippen molar-refractivity contribution < 1.29 is 0 Å². The van der Waals surface area contributed by atoms with Crippen LogP contribution in [0.25, 0.3) is 0 Å². The standard InChI is InChI=1S/C14H24N2/c1-3-9-16(11-12-5-6-12)14(4-2)10-15-13-7-8-13/h1,12-15H,4-11H2,2H3. The molecular weight excluding hydrogens is 196 g/mol. The number of nitrogens with one attached hydrogen (secondary N) is 1. The topological polar surface area (TPSA) is 15.3 Å². The lowest BCUT2D eigenvalue weighted by atomic mass is 10.1. The van der Waals surface area contributed by atoms with Gasteiger partial charge in [0.2, 0.25) is 0 Å². The van der Waals surface area contributed by atoms with E-state index in [1.54, 1.807) is 0 Å². The van der Waals surface area contributed by atoms with Crippen LogP contribution in [-0.2, 0) is 0 Å². The highest BCUT2D eigenvalue weighted by Gasteiger charge is 2.28. The van der Waals surface area contributed by atoms with Crippen LogP contribution in [0, 0.1) is 18.3 Å². The molecule has 0 bridgehead atoms. The Hall–Kier alpha value is -0.520. The highest BCUT2D eigenvalue weighted by atomic mass is 15.2. The molecular formula is C14H24N2. The predicted molar refractivity (Wildman–Crippen MR) is 68.2 cm³/mol. The van der Waals surface area contributed by atoms with E-state index in [9.17, 15) is 0 Å². The van der Waals surface area contributed by atoms with E-state index in [0.717, 1.165) is 25.0 Å². The normalized spacial score (nSPS) is 22.1. The quantitative estimate of drug-likeness (QED) is 0.628. The molecule has 2 rings (SSSR count). The molecule has 2 fully saturated rings. The average Bonchev–Trinajstić information content (AvgIpc) is 3.14. The second-order valence-electron chi connectivity index (χ2n) is 5.32. The summed E-state index contributed by atoms with van der Waals surface area (Å²) in [4.78, 5) is 2.51. The molecule has 2 nitrogen and oxygen atoms in total. The van der Waals surface area contributed by atoms with E-state index in [1.165, 1.54) is 38.6 Å². The van der Waals surface area contributed by atoms with Gasteiger partial charge in [0.05, 0.1) is 6.54 Å². The summed E-state index contributed by atoms with van der Waals surface area (Å²) < 4.78 is 0. The Morgan fingerprint density at radius 3 is 2.62 bits per heavy atom. The lowest BCUT2D eigenvalue weighted by Crippen LogP contribution is -2.43. The Balaban J connectivity index is 1.77. The first kappa shape index (κ1) is 12.0. The Labute approximate surface area is 99.8 Å². The Morgan fingerprint density at radius 2 is 2.12 bits per heavy atom. The first-order valence-corrected chi connectivity index (χ1v) is 6.74. The van der Waals surface area contributed by atoms with E-state index in [-0.39, 0.29) is 0 Å². The SMILES string of the molecule is C#CCN(CC1CC1)C(CC)CNC1CC1. The number of rotatable bonds is 8. The van der Waals surface area contributed by atoms with Crippen molar-refractivity contribution in [2.45, 2.75) is 51.1 Å². The van der Waals surface area contributed by atoms with Gasteiger partial charge >= 0.3 is 0 Å². The maximum absolute atomic E-state index is 5.47. The largest absolute Gasteiger partial charge is 0.312 e. The molecule has 0 amide bonds. The van der Waals surface area contributed by atoms with Crippen LogP contribution in [0.1, 0.15) is 39.0 Å². The van der Waals surface area contributed by atoms with Gasteiger partial charge in [-0.15, -0.1) is 6.42 Å². The van der Waals surface area contributed by atoms with Crippen molar-refractivity contribution in [3.63, 3.8) is 0 Å². The number of nitrogens with zero attached hydrogens (tertiary/aromatic N) is 1. The molecule has 2 aliphatic carbocycles. The molecule has 1 atom stereocenters. The minimum absolute atomic E-state index is 0.636. The van der Waals surface area contributed by atoms with Crippen molar-refractivity contribution in [2.75, 3.05) is 19.6 Å². The monoisotopic (exact) mass is 220 g/mol. The molecule has 0 aliphatic heterocycles. The first-order valence-electron chi connectivity index (χ1n) is 6.74. The fourth-order valence-corrected chi connectivity index (χ4v) is 2.21. The highest BCUT2D eigenvalue weighted by Crippen LogP contribution is 2.30. The summed E-state index contributed by atoms with van der Waals surface area (Å²) in [5.41, 5.74) is 0. The molecule has 2 aliphatic rings. The van der Waals surface area contributed by atoms with Crippen molar-refractivity contribution in [3.05, 3.63) is 0 Å². The summed E-state index contributed by atoms with van der Waals surface area (Å²) in [5, 5.41) is 3.63. The van der Waals surface area contributed by atoms with E-state index < -0.39 is 0 Å². The number of hydrogen-bond acceptors (Lipinski definition) is 2. The Kier molecular flexibility index (Phi) is 4.26. The summed E-state index contributed by atoms with van der Waals surface area (Å²) in [7, 11) is 0. The zero-order chi connectivity index (χ0) is 11.4. The third-order valence-electron chi connectivity index (χ3n) is 3.69. The minimum Gasteiger partial charge on any atom is -0.312 e. The Morgan fingerprint density at radius 1 is 1.38 bits per heavy atom. The summed E-state index contributed by atoms with van der Waals surface area (Å²) >= 11 is 0. The van der Waals surface area contributed by atoms with Gasteiger partial charge in [-0.2, -0.15) is 0 Å². The van der Waals surface area contributed by atoms with Gasteiger partial charge in [-0.25, -0.2) is 0 Å². The molecule has 2 saturated carbocycles. The van der Waals surface area contributed by atoms with Crippen molar-refractivity contribution in [3.8, 4) is 12.3 Å². The average molecular weight is 220 g/mol. The van der Waals surface area contributed by atoms with Crippen LogP contribution >= 0.6 is 0 Å². The smallest absolute Gasteiger partial charge is 0.0601 e. The molecule has 0 aromatic heterocycles. The summed E-state index contributed by atoms with van der Waals surface area (Å²) in [5.74, 6) is 3.75. The molecule has 1 unspecified atom stereocenters. The lowest BCUT2D eigenvalue weighted by Gasteiger charge is -2.29. The van der Waals surface area contributed by atoms with E-state index >= 15 is 0 Å². The van der Waals surface area contributed by atoms with E-state index in [2.05, 4.69) is 23.1 Å². The molecule has 90 valence electrons. The van der Waals surface area contributed by atoms with Crippen molar-refractivity contribution in [1.82, 2.24) is 10.2 Å². The van der Waals surface area contributed by atoms with Gasteiger partial charge in [-0.3, -0.25) is 4.90 Å². The van der Waals surface area contributed by atoms with Crippen LogP contribution in [0.4, 0.5) is 0 Å². The van der Waals surface area contributed by atoms with Gasteiger partial charge in [0.25, 0.3) is 0 Å².